The van der Waals surface area contributed by atoms with E-state index in [1.807, 2.05) is 47.0 Å². The van der Waals surface area contributed by atoms with E-state index < -0.39 is 0 Å². The lowest BCUT2D eigenvalue weighted by Crippen LogP contribution is -2.37. The van der Waals surface area contributed by atoms with Crippen LogP contribution in [0.3, 0.4) is 0 Å². The van der Waals surface area contributed by atoms with E-state index in [4.69, 9.17) is 9.72 Å². The summed E-state index contributed by atoms with van der Waals surface area (Å²) in [7, 11) is 1.39. The number of amides is 1. The number of ether oxygens (including phenoxy) is 1. The summed E-state index contributed by atoms with van der Waals surface area (Å²) in [5.41, 5.74) is 4.22. The zero-order chi connectivity index (χ0) is 22.5. The van der Waals surface area contributed by atoms with Gasteiger partial charge in [-0.1, -0.05) is 25.5 Å². The molecule has 1 amide bonds. The molecule has 1 aromatic heterocycles. The van der Waals surface area contributed by atoms with E-state index in [2.05, 4.69) is 11.5 Å². The number of esters is 1. The van der Waals surface area contributed by atoms with Crippen LogP contribution in [0.1, 0.15) is 51.9 Å². The number of benzene rings is 2. The second kappa shape index (κ2) is 10.2. The lowest BCUT2D eigenvalue weighted by molar-refractivity contribution is 0.0600. The standard InChI is InChI=1S/C25H29N3O3S/c1-3-4-5-23-26-21-16-20(24(29)27-12-14-32-15-13-27)10-11-22(21)28(23)17-18-6-8-19(9-7-18)25(30)31-2/h6-11,16H,3-5,12-15,17H2,1-2H3. The van der Waals surface area contributed by atoms with E-state index >= 15 is 0 Å². The van der Waals surface area contributed by atoms with E-state index in [0.717, 1.165) is 66.3 Å². The Morgan fingerprint density at radius 3 is 2.47 bits per heavy atom. The molecular weight excluding hydrogens is 422 g/mol. The van der Waals surface area contributed by atoms with Crippen LogP contribution in [0.15, 0.2) is 42.5 Å². The van der Waals surface area contributed by atoms with Crippen LogP contribution in [0.4, 0.5) is 0 Å². The van der Waals surface area contributed by atoms with Crippen LogP contribution in [0.25, 0.3) is 11.0 Å². The molecule has 168 valence electrons. The van der Waals surface area contributed by atoms with Gasteiger partial charge < -0.3 is 14.2 Å². The molecule has 0 radical (unpaired) electrons. The average molecular weight is 452 g/mol. The van der Waals surface area contributed by atoms with E-state index in [1.54, 1.807) is 12.1 Å². The average Bonchev–Trinajstić information content (AvgIpc) is 3.19. The number of unbranched alkanes of at least 4 members (excludes halogenated alkanes) is 1. The molecule has 32 heavy (non-hydrogen) atoms. The minimum Gasteiger partial charge on any atom is -0.465 e. The second-order valence-corrected chi connectivity index (χ2v) is 9.24. The van der Waals surface area contributed by atoms with Crippen LogP contribution in [0.2, 0.25) is 0 Å². The number of aryl methyl sites for hydroxylation is 1. The number of rotatable bonds is 7. The van der Waals surface area contributed by atoms with E-state index in [0.29, 0.717) is 17.7 Å². The van der Waals surface area contributed by atoms with Gasteiger partial charge in [0.1, 0.15) is 5.82 Å². The number of hydrogen-bond acceptors (Lipinski definition) is 5. The third-order valence-electron chi connectivity index (χ3n) is 5.84. The normalized spacial score (nSPS) is 14.0. The maximum atomic E-state index is 13.0. The Morgan fingerprint density at radius 1 is 1.06 bits per heavy atom. The first-order chi connectivity index (χ1) is 15.6. The van der Waals surface area contributed by atoms with Crippen LogP contribution in [0, 0.1) is 0 Å². The van der Waals surface area contributed by atoms with Gasteiger partial charge >= 0.3 is 5.97 Å². The summed E-state index contributed by atoms with van der Waals surface area (Å²) in [6, 6.07) is 13.4. The number of aromatic nitrogens is 2. The third-order valence-corrected chi connectivity index (χ3v) is 6.78. The number of nitrogens with zero attached hydrogens (tertiary/aromatic N) is 3. The van der Waals surface area contributed by atoms with Crippen molar-refractivity contribution in [2.75, 3.05) is 31.7 Å². The molecule has 1 fully saturated rings. The van der Waals surface area contributed by atoms with Crippen molar-refractivity contribution in [3.8, 4) is 0 Å². The second-order valence-electron chi connectivity index (χ2n) is 8.01. The molecule has 6 nitrogen and oxygen atoms in total. The number of carbonyl (C=O) groups excluding carboxylic acids is 2. The lowest BCUT2D eigenvalue weighted by Gasteiger charge is -2.26. The maximum Gasteiger partial charge on any atom is 0.337 e. The number of hydrogen-bond donors (Lipinski definition) is 0. The highest BCUT2D eigenvalue weighted by atomic mass is 32.2. The molecule has 0 atom stereocenters. The van der Waals surface area contributed by atoms with Gasteiger partial charge in [-0.25, -0.2) is 9.78 Å². The van der Waals surface area contributed by atoms with E-state index in [-0.39, 0.29) is 11.9 Å². The van der Waals surface area contributed by atoms with Crippen molar-refractivity contribution in [2.24, 2.45) is 0 Å². The van der Waals surface area contributed by atoms with Crippen LogP contribution in [0.5, 0.6) is 0 Å². The summed E-state index contributed by atoms with van der Waals surface area (Å²) in [5, 5.41) is 0. The Hall–Kier alpha value is -2.80. The van der Waals surface area contributed by atoms with Gasteiger partial charge in [-0.2, -0.15) is 11.8 Å². The van der Waals surface area contributed by atoms with Gasteiger partial charge in [0.2, 0.25) is 0 Å². The molecular formula is C25H29N3O3S. The van der Waals surface area contributed by atoms with Crippen LogP contribution in [-0.4, -0.2) is 58.0 Å². The van der Waals surface area contributed by atoms with Crippen molar-refractivity contribution in [3.05, 3.63) is 65.0 Å². The van der Waals surface area contributed by atoms with Crippen LogP contribution >= 0.6 is 11.8 Å². The predicted molar refractivity (Wildman–Crippen MR) is 128 cm³/mol. The van der Waals surface area contributed by atoms with Crippen LogP contribution in [-0.2, 0) is 17.7 Å². The molecule has 1 aliphatic heterocycles. The van der Waals surface area contributed by atoms with Gasteiger partial charge in [-0.3, -0.25) is 4.79 Å². The Labute approximate surface area is 193 Å². The minimum atomic E-state index is -0.335. The first kappa shape index (κ1) is 22.4. The predicted octanol–water partition coefficient (Wildman–Crippen LogP) is 4.40. The molecule has 0 N–H and O–H groups in total. The first-order valence-electron chi connectivity index (χ1n) is 11.1. The first-order valence-corrected chi connectivity index (χ1v) is 12.3. The smallest absolute Gasteiger partial charge is 0.337 e. The van der Waals surface area contributed by atoms with Gasteiger partial charge in [-0.15, -0.1) is 0 Å². The van der Waals surface area contributed by atoms with Crippen molar-refractivity contribution in [3.63, 3.8) is 0 Å². The molecule has 3 aromatic rings. The highest BCUT2D eigenvalue weighted by Crippen LogP contribution is 2.23. The molecule has 0 spiro atoms. The molecule has 2 heterocycles. The topological polar surface area (TPSA) is 64.4 Å². The Bertz CT molecular complexity index is 1100. The summed E-state index contributed by atoms with van der Waals surface area (Å²) in [5.74, 6) is 2.78. The Morgan fingerprint density at radius 2 is 1.78 bits per heavy atom. The van der Waals surface area contributed by atoms with Crippen molar-refractivity contribution in [1.29, 1.82) is 0 Å². The van der Waals surface area contributed by atoms with Gasteiger partial charge in [-0.05, 0) is 42.3 Å². The molecule has 0 aliphatic carbocycles. The Balaban J connectivity index is 1.64. The number of fused-ring (bicyclic) bond motifs is 1. The summed E-state index contributed by atoms with van der Waals surface area (Å²) >= 11 is 1.90. The van der Waals surface area contributed by atoms with Gasteiger partial charge in [0, 0.05) is 43.1 Å². The minimum absolute atomic E-state index is 0.0928. The number of carbonyl (C=O) groups is 2. The molecule has 0 saturated carbocycles. The summed E-state index contributed by atoms with van der Waals surface area (Å²) in [6.07, 6.45) is 3.04. The molecule has 1 aliphatic rings. The monoisotopic (exact) mass is 451 g/mol. The maximum absolute atomic E-state index is 13.0. The van der Waals surface area contributed by atoms with Crippen LogP contribution < -0.4 is 0 Å². The third kappa shape index (κ3) is 4.83. The van der Waals surface area contributed by atoms with Gasteiger partial charge in [0.25, 0.3) is 5.91 Å². The zero-order valence-electron chi connectivity index (χ0n) is 18.7. The van der Waals surface area contributed by atoms with Crippen molar-refractivity contribution < 1.29 is 14.3 Å². The quantitative estimate of drug-likeness (QED) is 0.498. The number of methoxy groups -OCH3 is 1. The van der Waals surface area contributed by atoms with Crippen molar-refractivity contribution >= 4 is 34.7 Å². The molecule has 4 rings (SSSR count). The largest absolute Gasteiger partial charge is 0.465 e. The van der Waals surface area contributed by atoms with Gasteiger partial charge in [0.15, 0.2) is 0 Å². The summed E-state index contributed by atoms with van der Waals surface area (Å²) in [4.78, 5) is 31.5. The Kier molecular flexibility index (Phi) is 7.15. The fraction of sp³-hybridized carbons (Fsp3) is 0.400. The molecule has 0 unspecified atom stereocenters. The number of thioether (sulfide) groups is 1. The summed E-state index contributed by atoms with van der Waals surface area (Å²) < 4.78 is 7.02. The highest BCUT2D eigenvalue weighted by Gasteiger charge is 2.20. The fourth-order valence-electron chi connectivity index (χ4n) is 4.01. The fourth-order valence-corrected chi connectivity index (χ4v) is 4.91. The SMILES string of the molecule is CCCCc1nc2cc(C(=O)N3CCSCC3)ccc2n1Cc1ccc(C(=O)OC)cc1. The van der Waals surface area contributed by atoms with E-state index in [1.165, 1.54) is 7.11 Å². The van der Waals surface area contributed by atoms with E-state index in [9.17, 15) is 9.59 Å². The molecule has 7 heteroatoms. The van der Waals surface area contributed by atoms with Crippen molar-refractivity contribution in [2.45, 2.75) is 32.7 Å². The zero-order valence-corrected chi connectivity index (χ0v) is 19.5. The molecule has 1 saturated heterocycles. The molecule has 2 aromatic carbocycles. The summed E-state index contributed by atoms with van der Waals surface area (Å²) in [6.45, 7) is 4.44. The van der Waals surface area contributed by atoms with Gasteiger partial charge in [0.05, 0.1) is 23.7 Å². The van der Waals surface area contributed by atoms with Crippen molar-refractivity contribution in [1.82, 2.24) is 14.5 Å². The molecule has 0 bridgehead atoms. The number of imidazole rings is 1. The lowest BCUT2D eigenvalue weighted by atomic mass is 10.1. The highest BCUT2D eigenvalue weighted by molar-refractivity contribution is 7.99.